The Morgan fingerprint density at radius 2 is 2.11 bits per heavy atom. The number of benzene rings is 1. The van der Waals surface area contributed by atoms with Crippen molar-refractivity contribution in [2.24, 2.45) is 0 Å². The number of carbonyl (C=O) groups is 1. The Bertz CT molecular complexity index is 590. The van der Waals surface area contributed by atoms with Gasteiger partial charge in [-0.1, -0.05) is 11.6 Å². The standard InChI is InChI=1S/C11H13ClFNO4S/c1-3-19(17,18)14(7(2)11(15)16)8-4-5-10(13)9(12)6-8/h4-7H,3H2,1-2H3,(H,15,16). The van der Waals surface area contributed by atoms with Gasteiger partial charge in [-0.05, 0) is 32.0 Å². The fourth-order valence-corrected chi connectivity index (χ4v) is 2.95. The molecule has 0 spiro atoms. The van der Waals surface area contributed by atoms with Crippen LogP contribution in [0.25, 0.3) is 0 Å². The highest BCUT2D eigenvalue weighted by atomic mass is 35.5. The molecule has 0 aliphatic rings. The summed E-state index contributed by atoms with van der Waals surface area (Å²) in [5.74, 6) is -2.29. The van der Waals surface area contributed by atoms with Gasteiger partial charge >= 0.3 is 5.97 Å². The van der Waals surface area contributed by atoms with Gasteiger partial charge in [0.15, 0.2) is 0 Å². The van der Waals surface area contributed by atoms with Crippen LogP contribution >= 0.6 is 11.6 Å². The molecular formula is C11H13ClFNO4S. The fourth-order valence-electron chi connectivity index (χ4n) is 1.49. The number of hydrogen-bond acceptors (Lipinski definition) is 3. The molecule has 1 rings (SSSR count). The molecule has 19 heavy (non-hydrogen) atoms. The van der Waals surface area contributed by atoms with Crippen molar-refractivity contribution in [3.8, 4) is 0 Å². The molecular weight excluding hydrogens is 297 g/mol. The summed E-state index contributed by atoms with van der Waals surface area (Å²) in [7, 11) is -3.82. The molecule has 106 valence electrons. The average Bonchev–Trinajstić information content (AvgIpc) is 2.33. The number of halogens is 2. The van der Waals surface area contributed by atoms with Crippen LogP contribution in [0.5, 0.6) is 0 Å². The Morgan fingerprint density at radius 1 is 1.53 bits per heavy atom. The first-order chi connectivity index (χ1) is 8.70. The van der Waals surface area contributed by atoms with Gasteiger partial charge in [-0.2, -0.15) is 0 Å². The number of carboxylic acids is 1. The van der Waals surface area contributed by atoms with Crippen molar-refractivity contribution >= 4 is 33.3 Å². The highest BCUT2D eigenvalue weighted by Gasteiger charge is 2.31. The number of hydrogen-bond donors (Lipinski definition) is 1. The van der Waals surface area contributed by atoms with E-state index in [2.05, 4.69) is 0 Å². The number of carboxylic acid groups (broad SMARTS) is 1. The van der Waals surface area contributed by atoms with Crippen molar-refractivity contribution in [2.75, 3.05) is 10.1 Å². The van der Waals surface area contributed by atoms with Gasteiger partial charge in [0.2, 0.25) is 10.0 Å². The van der Waals surface area contributed by atoms with Gasteiger partial charge in [0.05, 0.1) is 16.5 Å². The Hall–Kier alpha value is -1.34. The minimum Gasteiger partial charge on any atom is -0.480 e. The van der Waals surface area contributed by atoms with Gasteiger partial charge in [0.25, 0.3) is 0 Å². The minimum absolute atomic E-state index is 0.0168. The lowest BCUT2D eigenvalue weighted by Crippen LogP contribution is -2.44. The number of sulfonamides is 1. The maximum absolute atomic E-state index is 13.1. The van der Waals surface area contributed by atoms with E-state index >= 15 is 0 Å². The maximum Gasteiger partial charge on any atom is 0.327 e. The molecule has 8 heteroatoms. The fraction of sp³-hybridized carbons (Fsp3) is 0.364. The first-order valence-corrected chi connectivity index (χ1v) is 7.39. The third-order valence-electron chi connectivity index (χ3n) is 2.53. The molecule has 0 bridgehead atoms. The first kappa shape index (κ1) is 15.7. The van der Waals surface area contributed by atoms with Gasteiger partial charge in [0, 0.05) is 0 Å². The Labute approximate surface area is 115 Å². The zero-order valence-corrected chi connectivity index (χ0v) is 11.9. The zero-order chi connectivity index (χ0) is 14.8. The monoisotopic (exact) mass is 309 g/mol. The molecule has 0 aliphatic heterocycles. The molecule has 0 aliphatic carbocycles. The van der Waals surface area contributed by atoms with Gasteiger partial charge in [-0.25, -0.2) is 17.6 Å². The van der Waals surface area contributed by atoms with Crippen LogP contribution in [0, 0.1) is 5.82 Å². The van der Waals surface area contributed by atoms with Crippen molar-refractivity contribution < 1.29 is 22.7 Å². The molecule has 0 saturated carbocycles. The topological polar surface area (TPSA) is 74.7 Å². The Balaban J connectivity index is 3.39. The zero-order valence-electron chi connectivity index (χ0n) is 10.3. The van der Waals surface area contributed by atoms with E-state index in [1.807, 2.05) is 0 Å². The lowest BCUT2D eigenvalue weighted by Gasteiger charge is -2.27. The third kappa shape index (κ3) is 3.36. The van der Waals surface area contributed by atoms with Crippen LogP contribution in [0.2, 0.25) is 5.02 Å². The molecule has 0 fully saturated rings. The number of aliphatic carboxylic acids is 1. The normalized spacial score (nSPS) is 13.1. The largest absolute Gasteiger partial charge is 0.480 e. The number of rotatable bonds is 5. The van der Waals surface area contributed by atoms with Crippen molar-refractivity contribution in [3.05, 3.63) is 29.0 Å². The first-order valence-electron chi connectivity index (χ1n) is 5.40. The van der Waals surface area contributed by atoms with Crippen LogP contribution < -0.4 is 4.31 Å². The molecule has 1 N–H and O–H groups in total. The van der Waals surface area contributed by atoms with Crippen molar-refractivity contribution in [3.63, 3.8) is 0 Å². The summed E-state index contributed by atoms with van der Waals surface area (Å²) in [6.07, 6.45) is 0. The molecule has 5 nitrogen and oxygen atoms in total. The number of nitrogens with zero attached hydrogens (tertiary/aromatic N) is 1. The lowest BCUT2D eigenvalue weighted by atomic mass is 10.2. The molecule has 0 aromatic heterocycles. The summed E-state index contributed by atoms with van der Waals surface area (Å²) >= 11 is 5.59. The summed E-state index contributed by atoms with van der Waals surface area (Å²) in [4.78, 5) is 11.0. The van der Waals surface area contributed by atoms with Gasteiger partial charge in [-0.15, -0.1) is 0 Å². The summed E-state index contributed by atoms with van der Waals surface area (Å²) in [6, 6.07) is 1.94. The second kappa shape index (κ2) is 5.75. The maximum atomic E-state index is 13.1. The molecule has 0 saturated heterocycles. The smallest absolute Gasteiger partial charge is 0.327 e. The Kier molecular flexibility index (Phi) is 4.75. The third-order valence-corrected chi connectivity index (χ3v) is 4.68. The quantitative estimate of drug-likeness (QED) is 0.904. The van der Waals surface area contributed by atoms with E-state index in [-0.39, 0.29) is 16.5 Å². The predicted octanol–water partition coefficient (Wildman–Crippen LogP) is 2.11. The van der Waals surface area contributed by atoms with Gasteiger partial charge in [-0.3, -0.25) is 4.31 Å². The van der Waals surface area contributed by atoms with Crippen LogP contribution in [-0.4, -0.2) is 31.3 Å². The summed E-state index contributed by atoms with van der Waals surface area (Å²) in [5, 5.41) is 8.71. The SMILES string of the molecule is CCS(=O)(=O)N(c1ccc(F)c(Cl)c1)C(C)C(=O)O. The molecule has 1 atom stereocenters. The van der Waals surface area contributed by atoms with Gasteiger partial charge in [0.1, 0.15) is 11.9 Å². The van der Waals surface area contributed by atoms with Crippen molar-refractivity contribution in [2.45, 2.75) is 19.9 Å². The Morgan fingerprint density at radius 3 is 2.53 bits per heavy atom. The summed E-state index contributed by atoms with van der Waals surface area (Å²) in [6.45, 7) is 2.62. The van der Waals surface area contributed by atoms with E-state index in [9.17, 15) is 17.6 Å². The molecule has 0 radical (unpaired) electrons. The van der Waals surface area contributed by atoms with E-state index in [1.54, 1.807) is 0 Å². The van der Waals surface area contributed by atoms with E-state index < -0.39 is 27.9 Å². The second-order valence-electron chi connectivity index (χ2n) is 3.81. The van der Waals surface area contributed by atoms with Gasteiger partial charge < -0.3 is 5.11 Å². The van der Waals surface area contributed by atoms with E-state index in [4.69, 9.17) is 16.7 Å². The highest BCUT2D eigenvalue weighted by molar-refractivity contribution is 7.92. The molecule has 1 unspecified atom stereocenters. The summed E-state index contributed by atoms with van der Waals surface area (Å²) in [5.41, 5.74) is 0.0168. The lowest BCUT2D eigenvalue weighted by molar-refractivity contribution is -0.137. The number of anilines is 1. The average molecular weight is 310 g/mol. The second-order valence-corrected chi connectivity index (χ2v) is 6.35. The molecule has 1 aromatic carbocycles. The van der Waals surface area contributed by atoms with Crippen LogP contribution in [-0.2, 0) is 14.8 Å². The molecule has 1 aromatic rings. The van der Waals surface area contributed by atoms with Crippen LogP contribution in [0.15, 0.2) is 18.2 Å². The van der Waals surface area contributed by atoms with E-state index in [0.717, 1.165) is 16.4 Å². The molecule has 0 heterocycles. The predicted molar refractivity (Wildman–Crippen MR) is 70.4 cm³/mol. The van der Waals surface area contributed by atoms with Crippen molar-refractivity contribution in [1.29, 1.82) is 0 Å². The highest BCUT2D eigenvalue weighted by Crippen LogP contribution is 2.26. The van der Waals surface area contributed by atoms with Crippen LogP contribution in [0.4, 0.5) is 10.1 Å². The molecule has 0 amide bonds. The van der Waals surface area contributed by atoms with Crippen molar-refractivity contribution in [1.82, 2.24) is 0 Å². The van der Waals surface area contributed by atoms with Crippen LogP contribution in [0.3, 0.4) is 0 Å². The van der Waals surface area contributed by atoms with E-state index in [1.165, 1.54) is 19.9 Å². The van der Waals surface area contributed by atoms with Crippen LogP contribution in [0.1, 0.15) is 13.8 Å². The summed E-state index contributed by atoms with van der Waals surface area (Å²) < 4.78 is 37.7. The minimum atomic E-state index is -3.82. The van der Waals surface area contributed by atoms with E-state index in [0.29, 0.717) is 0 Å².